The van der Waals surface area contributed by atoms with Gasteiger partial charge in [-0.05, 0) is 0 Å². The zero-order chi connectivity index (χ0) is 9.10. The Morgan fingerprint density at radius 2 is 2.15 bits per heavy atom. The molecule has 1 aliphatic heterocycles. The van der Waals surface area contributed by atoms with Crippen molar-refractivity contribution in [1.29, 1.82) is 0 Å². The first-order chi connectivity index (χ1) is 6.38. The zero-order valence-electron chi connectivity index (χ0n) is 7.27. The molecule has 0 aliphatic carbocycles. The van der Waals surface area contributed by atoms with Crippen molar-refractivity contribution < 1.29 is 5.11 Å². The molecule has 0 radical (unpaired) electrons. The molecule has 13 heavy (non-hydrogen) atoms. The van der Waals surface area contributed by atoms with Gasteiger partial charge in [0.2, 0.25) is 0 Å². The summed E-state index contributed by atoms with van der Waals surface area (Å²) in [7, 11) is 0. The smallest absolute Gasteiger partial charge is 0.177 e. The molecule has 70 valence electrons. The van der Waals surface area contributed by atoms with Crippen LogP contribution in [0.3, 0.4) is 0 Å². The summed E-state index contributed by atoms with van der Waals surface area (Å²) in [5, 5.41) is 12.7. The van der Waals surface area contributed by atoms with Crippen LogP contribution in [0.25, 0.3) is 0 Å². The second kappa shape index (κ2) is 3.57. The minimum atomic E-state index is 0.157. The van der Waals surface area contributed by atoms with Gasteiger partial charge in [-0.1, -0.05) is 0 Å². The van der Waals surface area contributed by atoms with Gasteiger partial charge in [-0.15, -0.1) is 0 Å². The van der Waals surface area contributed by atoms with E-state index < -0.39 is 0 Å². The van der Waals surface area contributed by atoms with Gasteiger partial charge in [-0.25, -0.2) is 9.97 Å². The third kappa shape index (κ3) is 1.70. The maximum Gasteiger partial charge on any atom is 0.177 e. The molecule has 1 aliphatic rings. The van der Waals surface area contributed by atoms with Gasteiger partial charge in [0.15, 0.2) is 11.6 Å². The van der Waals surface area contributed by atoms with Gasteiger partial charge in [0, 0.05) is 26.2 Å². The third-order valence-corrected chi connectivity index (χ3v) is 2.09. The number of rotatable bonds is 1. The monoisotopic (exact) mass is 180 g/mol. The third-order valence-electron chi connectivity index (χ3n) is 2.09. The van der Waals surface area contributed by atoms with Crippen molar-refractivity contribution in [3.63, 3.8) is 0 Å². The Labute approximate surface area is 76.4 Å². The maximum absolute atomic E-state index is 9.48. The van der Waals surface area contributed by atoms with Gasteiger partial charge in [0.05, 0.1) is 6.20 Å². The van der Waals surface area contributed by atoms with Crippen LogP contribution < -0.4 is 10.2 Å². The molecule has 1 aromatic rings. The summed E-state index contributed by atoms with van der Waals surface area (Å²) < 4.78 is 0. The predicted molar refractivity (Wildman–Crippen MR) is 48.8 cm³/mol. The Balaban J connectivity index is 2.18. The van der Waals surface area contributed by atoms with Crippen molar-refractivity contribution in [2.75, 3.05) is 31.1 Å². The highest BCUT2D eigenvalue weighted by Crippen LogP contribution is 2.21. The Morgan fingerprint density at radius 3 is 2.85 bits per heavy atom. The largest absolute Gasteiger partial charge is 0.503 e. The normalized spacial score (nSPS) is 17.4. The lowest BCUT2D eigenvalue weighted by Gasteiger charge is -2.28. The average Bonchev–Trinajstić information content (AvgIpc) is 2.20. The van der Waals surface area contributed by atoms with Crippen molar-refractivity contribution in [2.24, 2.45) is 0 Å². The minimum absolute atomic E-state index is 0.157. The lowest BCUT2D eigenvalue weighted by molar-refractivity contribution is 0.464. The van der Waals surface area contributed by atoms with Crippen LogP contribution in [-0.4, -0.2) is 41.3 Å². The molecule has 0 amide bonds. The molecule has 2 N–H and O–H groups in total. The molecule has 0 aromatic carbocycles. The molecule has 1 aromatic heterocycles. The van der Waals surface area contributed by atoms with E-state index in [2.05, 4.69) is 15.3 Å². The Kier molecular flexibility index (Phi) is 2.27. The van der Waals surface area contributed by atoms with Gasteiger partial charge in [-0.3, -0.25) is 0 Å². The molecule has 1 fully saturated rings. The number of nitrogens with one attached hydrogen (secondary N) is 1. The second-order valence-electron chi connectivity index (χ2n) is 2.97. The van der Waals surface area contributed by atoms with E-state index in [-0.39, 0.29) is 5.75 Å². The first-order valence-electron chi connectivity index (χ1n) is 4.32. The van der Waals surface area contributed by atoms with Crippen LogP contribution >= 0.6 is 0 Å². The first kappa shape index (κ1) is 8.25. The Bertz CT molecular complexity index is 285. The Morgan fingerprint density at radius 1 is 1.38 bits per heavy atom. The summed E-state index contributed by atoms with van der Waals surface area (Å²) in [6.45, 7) is 3.63. The van der Waals surface area contributed by atoms with E-state index >= 15 is 0 Å². The van der Waals surface area contributed by atoms with Gasteiger partial charge >= 0.3 is 0 Å². The van der Waals surface area contributed by atoms with E-state index in [1.54, 1.807) is 0 Å². The summed E-state index contributed by atoms with van der Waals surface area (Å²) in [6.07, 6.45) is 2.88. The summed E-state index contributed by atoms with van der Waals surface area (Å²) in [6, 6.07) is 0. The fraction of sp³-hybridized carbons (Fsp3) is 0.500. The number of piperazine rings is 1. The van der Waals surface area contributed by atoms with Crippen molar-refractivity contribution in [1.82, 2.24) is 15.3 Å². The fourth-order valence-corrected chi connectivity index (χ4v) is 1.44. The summed E-state index contributed by atoms with van der Waals surface area (Å²) in [5.74, 6) is 0.793. The fourth-order valence-electron chi connectivity index (χ4n) is 1.44. The SMILES string of the molecule is Oc1cncnc1N1CCNCC1. The van der Waals surface area contributed by atoms with Gasteiger partial charge in [-0.2, -0.15) is 0 Å². The van der Waals surface area contributed by atoms with Crippen LogP contribution in [0.1, 0.15) is 0 Å². The minimum Gasteiger partial charge on any atom is -0.503 e. The van der Waals surface area contributed by atoms with Crippen LogP contribution in [-0.2, 0) is 0 Å². The molecule has 2 heterocycles. The molecule has 0 bridgehead atoms. The van der Waals surface area contributed by atoms with Gasteiger partial charge in [0.1, 0.15) is 6.33 Å². The molecular formula is C8H12N4O. The quantitative estimate of drug-likeness (QED) is 0.615. The number of aromatic hydroxyl groups is 1. The standard InChI is InChI=1S/C8H12N4O/c13-7-5-10-6-11-8(7)12-3-1-9-2-4-12/h5-6,9,13H,1-4H2. The van der Waals surface area contributed by atoms with E-state index in [1.807, 2.05) is 4.90 Å². The number of aromatic nitrogens is 2. The first-order valence-corrected chi connectivity index (χ1v) is 4.32. The van der Waals surface area contributed by atoms with Crippen LogP contribution in [0.2, 0.25) is 0 Å². The Hall–Kier alpha value is -1.36. The molecule has 1 saturated heterocycles. The highest BCUT2D eigenvalue weighted by Gasteiger charge is 2.14. The van der Waals surface area contributed by atoms with Crippen LogP contribution in [0.5, 0.6) is 5.75 Å². The van der Waals surface area contributed by atoms with Crippen LogP contribution in [0.4, 0.5) is 5.82 Å². The molecule has 5 nitrogen and oxygen atoms in total. The summed E-state index contributed by atoms with van der Waals surface area (Å²) in [5.41, 5.74) is 0. The maximum atomic E-state index is 9.48. The predicted octanol–water partition coefficient (Wildman–Crippen LogP) is -0.408. The molecule has 0 saturated carbocycles. The lowest BCUT2D eigenvalue weighted by atomic mass is 10.3. The van der Waals surface area contributed by atoms with E-state index in [0.29, 0.717) is 5.82 Å². The van der Waals surface area contributed by atoms with Crippen molar-refractivity contribution in [2.45, 2.75) is 0 Å². The van der Waals surface area contributed by atoms with Crippen LogP contribution in [0, 0.1) is 0 Å². The van der Waals surface area contributed by atoms with Crippen molar-refractivity contribution >= 4 is 5.82 Å². The van der Waals surface area contributed by atoms with Crippen LogP contribution in [0.15, 0.2) is 12.5 Å². The number of nitrogens with zero attached hydrogens (tertiary/aromatic N) is 3. The highest BCUT2D eigenvalue weighted by molar-refractivity contribution is 5.49. The highest BCUT2D eigenvalue weighted by atomic mass is 16.3. The second-order valence-corrected chi connectivity index (χ2v) is 2.97. The lowest BCUT2D eigenvalue weighted by Crippen LogP contribution is -2.43. The molecule has 0 unspecified atom stereocenters. The molecular weight excluding hydrogens is 168 g/mol. The number of hydrogen-bond donors (Lipinski definition) is 2. The number of anilines is 1. The van der Waals surface area contributed by atoms with Gasteiger partial charge in [0.25, 0.3) is 0 Å². The zero-order valence-corrected chi connectivity index (χ0v) is 7.27. The molecule has 5 heteroatoms. The van der Waals surface area contributed by atoms with E-state index in [4.69, 9.17) is 0 Å². The number of hydrogen-bond acceptors (Lipinski definition) is 5. The van der Waals surface area contributed by atoms with E-state index in [9.17, 15) is 5.11 Å². The average molecular weight is 180 g/mol. The van der Waals surface area contributed by atoms with E-state index in [0.717, 1.165) is 26.2 Å². The molecule has 2 rings (SSSR count). The summed E-state index contributed by atoms with van der Waals surface area (Å²) >= 11 is 0. The topological polar surface area (TPSA) is 61.3 Å². The van der Waals surface area contributed by atoms with Crippen molar-refractivity contribution in [3.8, 4) is 5.75 Å². The van der Waals surface area contributed by atoms with Gasteiger partial charge < -0.3 is 15.3 Å². The molecule has 0 atom stereocenters. The van der Waals surface area contributed by atoms with Crippen molar-refractivity contribution in [3.05, 3.63) is 12.5 Å². The molecule has 0 spiro atoms. The van der Waals surface area contributed by atoms with E-state index in [1.165, 1.54) is 12.5 Å². The summed E-state index contributed by atoms with van der Waals surface area (Å²) in [4.78, 5) is 9.82.